The van der Waals surface area contributed by atoms with Crippen LogP contribution in [0, 0.1) is 23.0 Å². The molecule has 0 aliphatic carbocycles. The summed E-state index contributed by atoms with van der Waals surface area (Å²) >= 11 is 0. The number of sulfonamides is 1. The molecule has 0 bridgehead atoms. The monoisotopic (exact) mass is 335 g/mol. The quantitative estimate of drug-likeness (QED) is 0.659. The second-order valence-corrected chi connectivity index (χ2v) is 6.90. The summed E-state index contributed by atoms with van der Waals surface area (Å²) in [5.74, 6) is 0.184. The third-order valence-electron chi connectivity index (χ3n) is 3.58. The van der Waals surface area contributed by atoms with Crippen molar-refractivity contribution in [3.8, 4) is 0 Å². The second-order valence-electron chi connectivity index (χ2n) is 4.96. The van der Waals surface area contributed by atoms with Crippen LogP contribution in [0.5, 0.6) is 0 Å². The molecule has 1 aliphatic heterocycles. The van der Waals surface area contributed by atoms with E-state index in [1.165, 1.54) is 29.4 Å². The summed E-state index contributed by atoms with van der Waals surface area (Å²) in [7, 11) is -3.59. The van der Waals surface area contributed by atoms with E-state index in [9.17, 15) is 18.5 Å². The maximum Gasteiger partial charge on any atom is 0.272 e. The molecule has 1 atom stereocenters. The van der Waals surface area contributed by atoms with Gasteiger partial charge in [0.1, 0.15) is 0 Å². The van der Waals surface area contributed by atoms with Crippen LogP contribution >= 0.6 is 12.4 Å². The molecule has 21 heavy (non-hydrogen) atoms. The van der Waals surface area contributed by atoms with Crippen LogP contribution in [0.15, 0.2) is 23.1 Å². The molecule has 1 heterocycles. The van der Waals surface area contributed by atoms with Crippen LogP contribution in [-0.4, -0.2) is 37.3 Å². The van der Waals surface area contributed by atoms with Gasteiger partial charge in [0.15, 0.2) is 0 Å². The highest BCUT2D eigenvalue weighted by atomic mass is 35.5. The van der Waals surface area contributed by atoms with Gasteiger partial charge in [-0.1, -0.05) is 0 Å². The lowest BCUT2D eigenvalue weighted by Gasteiger charge is -2.16. The van der Waals surface area contributed by atoms with Gasteiger partial charge in [0, 0.05) is 24.7 Å². The molecule has 1 saturated heterocycles. The summed E-state index contributed by atoms with van der Waals surface area (Å²) in [6.07, 6.45) is 0.752. The average molecular weight is 336 g/mol. The average Bonchev–Trinajstić information content (AvgIpc) is 2.87. The Morgan fingerprint density at radius 3 is 2.62 bits per heavy atom. The molecule has 118 valence electrons. The van der Waals surface area contributed by atoms with Gasteiger partial charge in [0.2, 0.25) is 10.0 Å². The Morgan fingerprint density at radius 1 is 1.48 bits per heavy atom. The van der Waals surface area contributed by atoms with E-state index in [0.29, 0.717) is 25.2 Å². The molecule has 2 N–H and O–H groups in total. The first-order chi connectivity index (χ1) is 9.36. The standard InChI is InChI=1S/C12H17N3O4S.ClH/c1-9-6-11(2-3-12(9)15(16)17)20(18,19)14-5-4-10(7-13)8-14;/h2-3,6,10H,4-5,7-8,13H2,1H3;1H. The highest BCUT2D eigenvalue weighted by Crippen LogP contribution is 2.27. The van der Waals surface area contributed by atoms with E-state index in [2.05, 4.69) is 0 Å². The molecule has 0 saturated carbocycles. The molecule has 7 nitrogen and oxygen atoms in total. The first-order valence-electron chi connectivity index (χ1n) is 6.31. The van der Waals surface area contributed by atoms with Gasteiger partial charge in [-0.15, -0.1) is 12.4 Å². The van der Waals surface area contributed by atoms with Crippen LogP contribution in [0.4, 0.5) is 5.69 Å². The van der Waals surface area contributed by atoms with E-state index < -0.39 is 14.9 Å². The lowest BCUT2D eigenvalue weighted by Crippen LogP contribution is -2.30. The number of nitro groups is 1. The molecule has 2 rings (SSSR count). The van der Waals surface area contributed by atoms with Crippen molar-refractivity contribution < 1.29 is 13.3 Å². The Labute approximate surface area is 129 Å². The molecule has 1 aromatic carbocycles. The Kier molecular flexibility index (Phi) is 5.68. The number of nitrogens with two attached hydrogens (primary N) is 1. The number of halogens is 1. The highest BCUT2D eigenvalue weighted by molar-refractivity contribution is 7.89. The van der Waals surface area contributed by atoms with E-state index in [1.54, 1.807) is 0 Å². The van der Waals surface area contributed by atoms with E-state index in [-0.39, 0.29) is 28.9 Å². The maximum atomic E-state index is 12.4. The van der Waals surface area contributed by atoms with E-state index in [0.717, 1.165) is 6.42 Å². The maximum absolute atomic E-state index is 12.4. The van der Waals surface area contributed by atoms with Crippen molar-refractivity contribution in [2.75, 3.05) is 19.6 Å². The van der Waals surface area contributed by atoms with Crippen molar-refractivity contribution in [3.05, 3.63) is 33.9 Å². The molecule has 1 unspecified atom stereocenters. The number of aryl methyl sites for hydroxylation is 1. The summed E-state index contributed by atoms with van der Waals surface area (Å²) in [6.45, 7) is 2.85. The Hall–Kier alpha value is -1.22. The lowest BCUT2D eigenvalue weighted by molar-refractivity contribution is -0.385. The number of hydrogen-bond acceptors (Lipinski definition) is 5. The van der Waals surface area contributed by atoms with Crippen molar-refractivity contribution in [2.24, 2.45) is 11.7 Å². The van der Waals surface area contributed by atoms with Gasteiger partial charge in [0.05, 0.1) is 9.82 Å². The van der Waals surface area contributed by atoms with Crippen LogP contribution in [0.2, 0.25) is 0 Å². The zero-order valence-electron chi connectivity index (χ0n) is 11.6. The van der Waals surface area contributed by atoms with Gasteiger partial charge in [-0.05, 0) is 37.9 Å². The molecule has 0 aromatic heterocycles. The first-order valence-corrected chi connectivity index (χ1v) is 7.75. The zero-order chi connectivity index (χ0) is 14.9. The molecule has 0 amide bonds. The fraction of sp³-hybridized carbons (Fsp3) is 0.500. The van der Waals surface area contributed by atoms with E-state index in [4.69, 9.17) is 5.73 Å². The topological polar surface area (TPSA) is 107 Å². The normalized spacial score (nSPS) is 19.2. The first kappa shape index (κ1) is 17.8. The van der Waals surface area contributed by atoms with Crippen LogP contribution in [0.1, 0.15) is 12.0 Å². The van der Waals surface area contributed by atoms with Crippen molar-refractivity contribution in [1.29, 1.82) is 0 Å². The van der Waals surface area contributed by atoms with Crippen LogP contribution in [-0.2, 0) is 10.0 Å². The fourth-order valence-electron chi connectivity index (χ4n) is 2.35. The van der Waals surface area contributed by atoms with Crippen molar-refractivity contribution in [3.63, 3.8) is 0 Å². The SMILES string of the molecule is Cc1cc(S(=O)(=O)N2CCC(CN)C2)ccc1[N+](=O)[O-].Cl. The number of nitrogens with zero attached hydrogens (tertiary/aromatic N) is 2. The summed E-state index contributed by atoms with van der Waals surface area (Å²) in [6, 6.07) is 3.87. The molecule has 0 spiro atoms. The number of rotatable bonds is 4. The lowest BCUT2D eigenvalue weighted by atomic mass is 10.1. The van der Waals surface area contributed by atoms with Crippen molar-refractivity contribution in [1.82, 2.24) is 4.31 Å². The fourth-order valence-corrected chi connectivity index (χ4v) is 3.97. The van der Waals surface area contributed by atoms with Crippen LogP contribution in [0.3, 0.4) is 0 Å². The minimum atomic E-state index is -3.59. The molecular formula is C12H18ClN3O4S. The van der Waals surface area contributed by atoms with Gasteiger partial charge in [-0.3, -0.25) is 10.1 Å². The third-order valence-corrected chi connectivity index (χ3v) is 5.45. The van der Waals surface area contributed by atoms with Gasteiger partial charge < -0.3 is 5.73 Å². The summed E-state index contributed by atoms with van der Waals surface area (Å²) in [5.41, 5.74) is 5.82. The minimum Gasteiger partial charge on any atom is -0.330 e. The molecule has 1 aliphatic rings. The van der Waals surface area contributed by atoms with Gasteiger partial charge >= 0.3 is 0 Å². The largest absolute Gasteiger partial charge is 0.330 e. The van der Waals surface area contributed by atoms with Crippen LogP contribution < -0.4 is 5.73 Å². The van der Waals surface area contributed by atoms with Gasteiger partial charge in [-0.25, -0.2) is 8.42 Å². The number of benzene rings is 1. The number of nitro benzene ring substituents is 1. The Balaban J connectivity index is 0.00000220. The summed E-state index contributed by atoms with van der Waals surface area (Å²) in [4.78, 5) is 10.3. The van der Waals surface area contributed by atoms with E-state index in [1.807, 2.05) is 0 Å². The van der Waals surface area contributed by atoms with Crippen molar-refractivity contribution in [2.45, 2.75) is 18.2 Å². The van der Waals surface area contributed by atoms with Gasteiger partial charge in [0.25, 0.3) is 5.69 Å². The molecule has 0 radical (unpaired) electrons. The predicted molar refractivity (Wildman–Crippen MR) is 81.0 cm³/mol. The number of hydrogen-bond donors (Lipinski definition) is 1. The van der Waals surface area contributed by atoms with Crippen molar-refractivity contribution >= 4 is 28.1 Å². The predicted octanol–water partition coefficient (Wildman–Crippen LogP) is 1.29. The Morgan fingerprint density at radius 2 is 2.14 bits per heavy atom. The molecule has 9 heteroatoms. The molecule has 1 aromatic rings. The Bertz CT molecular complexity index is 635. The summed E-state index contributed by atoms with van der Waals surface area (Å²) in [5, 5.41) is 10.8. The molecular weight excluding hydrogens is 318 g/mol. The third kappa shape index (κ3) is 3.52. The second kappa shape index (κ2) is 6.69. The van der Waals surface area contributed by atoms with E-state index >= 15 is 0 Å². The smallest absolute Gasteiger partial charge is 0.272 e. The van der Waals surface area contributed by atoms with Gasteiger partial charge in [-0.2, -0.15) is 4.31 Å². The highest BCUT2D eigenvalue weighted by Gasteiger charge is 2.32. The summed E-state index contributed by atoms with van der Waals surface area (Å²) < 4.78 is 26.3. The van der Waals surface area contributed by atoms with Crippen LogP contribution in [0.25, 0.3) is 0 Å². The molecule has 1 fully saturated rings. The zero-order valence-corrected chi connectivity index (χ0v) is 13.2. The minimum absolute atomic E-state index is 0.